The van der Waals surface area contributed by atoms with Gasteiger partial charge in [0.05, 0.1) is 17.5 Å². The number of aromatic amines is 1. The minimum Gasteiger partial charge on any atom is -0.479 e. The molecule has 1 aromatic carbocycles. The molecule has 0 spiro atoms. The molecule has 0 bridgehead atoms. The second kappa shape index (κ2) is 5.78. The average Bonchev–Trinajstić information content (AvgIpc) is 2.88. The van der Waals surface area contributed by atoms with E-state index in [-0.39, 0.29) is 5.56 Å². The van der Waals surface area contributed by atoms with Gasteiger partial charge in [0.2, 0.25) is 0 Å². The fourth-order valence-electron chi connectivity index (χ4n) is 1.50. The molecular weight excluding hydrogens is 250 g/mol. The van der Waals surface area contributed by atoms with Crippen molar-refractivity contribution >= 4 is 11.9 Å². The van der Waals surface area contributed by atoms with Crippen molar-refractivity contribution in [3.05, 3.63) is 42.1 Å². The number of hydroxylamine groups is 1. The van der Waals surface area contributed by atoms with E-state index in [1.165, 1.54) is 6.20 Å². The van der Waals surface area contributed by atoms with Crippen LogP contribution in [0, 0.1) is 0 Å². The Balaban J connectivity index is 2.11. The molecule has 0 fully saturated rings. The number of nitrogens with one attached hydrogen (secondary N) is 2. The summed E-state index contributed by atoms with van der Waals surface area (Å²) in [5, 5.41) is 14.9. The first-order chi connectivity index (χ1) is 9.18. The first-order valence-electron chi connectivity index (χ1n) is 5.41. The predicted molar refractivity (Wildman–Crippen MR) is 65.1 cm³/mol. The lowest BCUT2D eigenvalue weighted by atomic mass is 10.1. The molecule has 0 aliphatic heterocycles. The second-order valence-electron chi connectivity index (χ2n) is 3.64. The van der Waals surface area contributed by atoms with E-state index in [4.69, 9.17) is 5.11 Å². The van der Waals surface area contributed by atoms with E-state index in [2.05, 4.69) is 15.0 Å². The number of rotatable bonds is 5. The molecule has 2 rings (SSSR count). The number of H-pyrrole nitrogens is 1. The number of hydrogen-bond acceptors (Lipinski definition) is 4. The van der Waals surface area contributed by atoms with Crippen LogP contribution in [0.4, 0.5) is 0 Å². The zero-order chi connectivity index (χ0) is 13.7. The van der Waals surface area contributed by atoms with Crippen LogP contribution < -0.4 is 5.48 Å². The molecule has 0 unspecified atom stereocenters. The van der Waals surface area contributed by atoms with Crippen LogP contribution in [0.2, 0.25) is 0 Å². The third-order valence-electron chi connectivity index (χ3n) is 2.31. The first kappa shape index (κ1) is 12.8. The van der Waals surface area contributed by atoms with Crippen molar-refractivity contribution in [2.24, 2.45) is 0 Å². The molecule has 0 saturated carbocycles. The second-order valence-corrected chi connectivity index (χ2v) is 3.64. The highest BCUT2D eigenvalue weighted by Gasteiger charge is 2.15. The highest BCUT2D eigenvalue weighted by molar-refractivity contribution is 5.99. The molecule has 2 aromatic rings. The summed E-state index contributed by atoms with van der Waals surface area (Å²) in [6.45, 7) is -0.607. The van der Waals surface area contributed by atoms with Gasteiger partial charge in [0.25, 0.3) is 5.91 Å². The van der Waals surface area contributed by atoms with Crippen molar-refractivity contribution in [2.45, 2.75) is 0 Å². The number of aromatic nitrogens is 2. The molecule has 0 aliphatic rings. The van der Waals surface area contributed by atoms with Gasteiger partial charge in [-0.25, -0.2) is 10.3 Å². The molecule has 0 radical (unpaired) electrons. The average molecular weight is 261 g/mol. The van der Waals surface area contributed by atoms with Gasteiger partial charge in [-0.1, -0.05) is 30.3 Å². The number of carbonyl (C=O) groups excluding carboxylic acids is 1. The molecular formula is C12H11N3O4. The normalized spacial score (nSPS) is 10.1. The van der Waals surface area contributed by atoms with E-state index in [0.717, 1.165) is 5.56 Å². The Hall–Kier alpha value is -2.67. The van der Waals surface area contributed by atoms with Crippen LogP contribution in [0.1, 0.15) is 10.4 Å². The molecule has 1 amide bonds. The van der Waals surface area contributed by atoms with Crippen molar-refractivity contribution in [1.82, 2.24) is 15.7 Å². The summed E-state index contributed by atoms with van der Waals surface area (Å²) in [6, 6.07) is 9.16. The Morgan fingerprint density at radius 2 is 2.05 bits per heavy atom. The Labute approximate surface area is 108 Å². The fourth-order valence-corrected chi connectivity index (χ4v) is 1.50. The van der Waals surface area contributed by atoms with Crippen molar-refractivity contribution in [2.75, 3.05) is 6.61 Å². The molecule has 1 aromatic heterocycles. The van der Waals surface area contributed by atoms with Crippen LogP contribution in [0.25, 0.3) is 11.3 Å². The number of benzene rings is 1. The van der Waals surface area contributed by atoms with E-state index >= 15 is 0 Å². The largest absolute Gasteiger partial charge is 0.479 e. The van der Waals surface area contributed by atoms with Gasteiger partial charge < -0.3 is 5.11 Å². The van der Waals surface area contributed by atoms with Crippen molar-refractivity contribution in [1.29, 1.82) is 0 Å². The quantitative estimate of drug-likeness (QED) is 0.691. The SMILES string of the molecule is O=C(O)CONC(=O)c1cn[nH]c1-c1ccccc1. The standard InChI is InChI=1S/C12H11N3O4/c16-10(17)7-19-15-12(18)9-6-13-14-11(9)8-4-2-1-3-5-8/h1-6H,7H2,(H,13,14)(H,15,18)(H,16,17). The van der Waals surface area contributed by atoms with Gasteiger partial charge in [-0.15, -0.1) is 0 Å². The van der Waals surface area contributed by atoms with E-state index in [9.17, 15) is 9.59 Å². The highest BCUT2D eigenvalue weighted by Crippen LogP contribution is 2.20. The molecule has 3 N–H and O–H groups in total. The molecule has 98 valence electrons. The third kappa shape index (κ3) is 3.17. The summed E-state index contributed by atoms with van der Waals surface area (Å²) >= 11 is 0. The van der Waals surface area contributed by atoms with Crippen LogP contribution in [-0.4, -0.2) is 33.8 Å². The molecule has 1 heterocycles. The van der Waals surface area contributed by atoms with Crippen LogP contribution in [-0.2, 0) is 9.63 Å². The summed E-state index contributed by atoms with van der Waals surface area (Å²) in [6.07, 6.45) is 1.35. The Morgan fingerprint density at radius 3 is 2.74 bits per heavy atom. The summed E-state index contributed by atoms with van der Waals surface area (Å²) < 4.78 is 0. The first-order valence-corrected chi connectivity index (χ1v) is 5.41. The van der Waals surface area contributed by atoms with Gasteiger partial charge in [-0.2, -0.15) is 5.10 Å². The van der Waals surface area contributed by atoms with E-state index < -0.39 is 18.5 Å². The number of carbonyl (C=O) groups is 2. The fraction of sp³-hybridized carbons (Fsp3) is 0.0833. The van der Waals surface area contributed by atoms with Gasteiger partial charge in [0.1, 0.15) is 0 Å². The van der Waals surface area contributed by atoms with Gasteiger partial charge in [-0.3, -0.25) is 14.7 Å². The maximum Gasteiger partial charge on any atom is 0.332 e. The lowest BCUT2D eigenvalue weighted by Crippen LogP contribution is -2.26. The molecule has 0 aliphatic carbocycles. The Morgan fingerprint density at radius 1 is 1.32 bits per heavy atom. The van der Waals surface area contributed by atoms with Gasteiger partial charge in [0.15, 0.2) is 6.61 Å². The van der Waals surface area contributed by atoms with Crippen molar-refractivity contribution in [3.8, 4) is 11.3 Å². The minimum atomic E-state index is -1.17. The molecule has 0 saturated heterocycles. The third-order valence-corrected chi connectivity index (χ3v) is 2.31. The van der Waals surface area contributed by atoms with Gasteiger partial charge in [0, 0.05) is 5.56 Å². The minimum absolute atomic E-state index is 0.275. The van der Waals surface area contributed by atoms with E-state index in [1.54, 1.807) is 0 Å². The molecule has 19 heavy (non-hydrogen) atoms. The number of nitrogens with zero attached hydrogens (tertiary/aromatic N) is 1. The van der Waals surface area contributed by atoms with Gasteiger partial charge >= 0.3 is 5.97 Å². The maximum absolute atomic E-state index is 11.8. The Kier molecular flexibility index (Phi) is 3.89. The highest BCUT2D eigenvalue weighted by atomic mass is 16.7. The topological polar surface area (TPSA) is 104 Å². The predicted octanol–water partition coefficient (Wildman–Crippen LogP) is 0.823. The number of carboxylic acids is 1. The number of aliphatic carboxylic acids is 1. The summed E-state index contributed by atoms with van der Waals surface area (Å²) in [5.74, 6) is -1.73. The molecule has 7 heteroatoms. The van der Waals surface area contributed by atoms with Crippen LogP contribution in [0.3, 0.4) is 0 Å². The molecule has 0 atom stereocenters. The van der Waals surface area contributed by atoms with E-state index in [1.807, 2.05) is 35.8 Å². The molecule has 7 nitrogen and oxygen atoms in total. The van der Waals surface area contributed by atoms with E-state index in [0.29, 0.717) is 5.69 Å². The smallest absolute Gasteiger partial charge is 0.332 e. The van der Waals surface area contributed by atoms with Gasteiger partial charge in [-0.05, 0) is 0 Å². The van der Waals surface area contributed by atoms with Crippen molar-refractivity contribution < 1.29 is 19.5 Å². The van der Waals surface area contributed by atoms with Crippen LogP contribution in [0.5, 0.6) is 0 Å². The summed E-state index contributed by atoms with van der Waals surface area (Å²) in [5.41, 5.74) is 3.66. The number of carboxylic acid groups (broad SMARTS) is 1. The lowest BCUT2D eigenvalue weighted by Gasteiger charge is -2.04. The lowest BCUT2D eigenvalue weighted by molar-refractivity contribution is -0.144. The summed E-state index contributed by atoms with van der Waals surface area (Å²) in [7, 11) is 0. The van der Waals surface area contributed by atoms with Crippen LogP contribution in [0.15, 0.2) is 36.5 Å². The number of amides is 1. The van der Waals surface area contributed by atoms with Crippen molar-refractivity contribution in [3.63, 3.8) is 0 Å². The zero-order valence-electron chi connectivity index (χ0n) is 9.79. The Bertz CT molecular complexity index is 580. The summed E-state index contributed by atoms with van der Waals surface area (Å²) in [4.78, 5) is 26.6. The zero-order valence-corrected chi connectivity index (χ0v) is 9.79. The monoisotopic (exact) mass is 261 g/mol. The number of hydrogen-bond donors (Lipinski definition) is 3. The van der Waals surface area contributed by atoms with Crippen LogP contribution >= 0.6 is 0 Å². The maximum atomic E-state index is 11.8.